The van der Waals surface area contributed by atoms with Crippen LogP contribution in [-0.2, 0) is 0 Å². The molecule has 3 aromatic carbocycles. The lowest BCUT2D eigenvalue weighted by Gasteiger charge is -2.23. The van der Waals surface area contributed by atoms with Crippen LogP contribution in [0.25, 0.3) is 27.5 Å². The number of imidazole rings is 1. The highest BCUT2D eigenvalue weighted by Gasteiger charge is 2.17. The predicted molar refractivity (Wildman–Crippen MR) is 121 cm³/mol. The molecular weight excluding hydrogens is 374 g/mol. The molecule has 2 heterocycles. The smallest absolute Gasteiger partial charge is 0.123 e. The first kappa shape index (κ1) is 18.6. The number of hydrogen-bond donors (Lipinski definition) is 3. The average molecular weight is 399 g/mol. The summed E-state index contributed by atoms with van der Waals surface area (Å²) in [5.41, 5.74) is 9.53. The van der Waals surface area contributed by atoms with Crippen molar-refractivity contribution in [2.24, 2.45) is 5.73 Å². The van der Waals surface area contributed by atoms with Crippen LogP contribution in [0.5, 0.6) is 5.75 Å². The molecule has 0 radical (unpaired) electrons. The molecule has 6 nitrogen and oxygen atoms in total. The van der Waals surface area contributed by atoms with E-state index in [1.54, 1.807) is 0 Å². The van der Waals surface area contributed by atoms with Gasteiger partial charge in [-0.2, -0.15) is 0 Å². The lowest BCUT2D eigenvalue weighted by molar-refractivity contribution is 0.162. The van der Waals surface area contributed by atoms with Crippen molar-refractivity contribution in [3.8, 4) is 11.4 Å². The van der Waals surface area contributed by atoms with Gasteiger partial charge in [0, 0.05) is 17.0 Å². The molecule has 0 atom stereocenters. The highest BCUT2D eigenvalue weighted by Crippen LogP contribution is 2.31. The van der Waals surface area contributed by atoms with Gasteiger partial charge >= 0.3 is 0 Å². The van der Waals surface area contributed by atoms with Gasteiger partial charge in [-0.25, -0.2) is 4.98 Å². The number of amidine groups is 1. The number of fused-ring (bicyclic) bond motifs is 2. The van der Waals surface area contributed by atoms with Gasteiger partial charge in [0.1, 0.15) is 23.5 Å². The molecule has 1 aromatic heterocycles. The molecule has 0 saturated carbocycles. The Morgan fingerprint density at radius 3 is 2.63 bits per heavy atom. The van der Waals surface area contributed by atoms with Crippen LogP contribution < -0.4 is 15.8 Å². The topological polar surface area (TPSA) is 89.0 Å². The van der Waals surface area contributed by atoms with E-state index in [9.17, 15) is 0 Å². The summed E-state index contributed by atoms with van der Waals surface area (Å²) in [6.45, 7) is 4.01. The van der Waals surface area contributed by atoms with E-state index in [1.807, 2.05) is 49.4 Å². The zero-order chi connectivity index (χ0) is 20.7. The first-order valence-corrected chi connectivity index (χ1v) is 10.3. The number of nitrogens with zero attached hydrogens (tertiary/aromatic N) is 2. The van der Waals surface area contributed by atoms with Gasteiger partial charge in [-0.15, -0.1) is 0 Å². The summed E-state index contributed by atoms with van der Waals surface area (Å²) >= 11 is 0. The molecule has 6 heteroatoms. The van der Waals surface area contributed by atoms with Gasteiger partial charge in [-0.3, -0.25) is 9.98 Å². The number of nitrogen functional groups attached to an aromatic ring is 1. The summed E-state index contributed by atoms with van der Waals surface area (Å²) in [5.74, 6) is 1.85. The molecule has 152 valence electrons. The molecule has 4 N–H and O–H groups in total. The van der Waals surface area contributed by atoms with E-state index >= 15 is 0 Å². The van der Waals surface area contributed by atoms with Crippen molar-refractivity contribution in [2.45, 2.75) is 25.9 Å². The number of ether oxygens (including phenoxy) is 1. The Labute approximate surface area is 175 Å². The standard InChI is InChI=1S/C24H25N5O/c1-15-28-21-8-6-17(30-16-10-12-27-13-11-16)14-23(21)29(15)22-9-7-20(24(25)26)18-4-2-3-5-19(18)22/h2-9,14,16,27H,10-13H2,1H3,(H3,25,26). The average Bonchev–Trinajstić information content (AvgIpc) is 3.08. The van der Waals surface area contributed by atoms with Crippen molar-refractivity contribution >= 4 is 27.6 Å². The van der Waals surface area contributed by atoms with Crippen LogP contribution in [0, 0.1) is 12.3 Å². The van der Waals surface area contributed by atoms with Crippen LogP contribution in [0.1, 0.15) is 24.2 Å². The third-order valence-corrected chi connectivity index (χ3v) is 5.81. The fraction of sp³-hybridized carbons (Fsp3) is 0.250. The molecule has 1 aliphatic heterocycles. The molecule has 1 aliphatic rings. The quantitative estimate of drug-likeness (QED) is 0.359. The summed E-state index contributed by atoms with van der Waals surface area (Å²) in [5, 5.41) is 13.3. The molecule has 5 rings (SSSR count). The van der Waals surface area contributed by atoms with E-state index in [-0.39, 0.29) is 11.9 Å². The minimum absolute atomic E-state index is 0.0719. The summed E-state index contributed by atoms with van der Waals surface area (Å²) in [6.07, 6.45) is 2.29. The third kappa shape index (κ3) is 3.19. The summed E-state index contributed by atoms with van der Waals surface area (Å²) in [7, 11) is 0. The summed E-state index contributed by atoms with van der Waals surface area (Å²) in [4.78, 5) is 4.77. The van der Waals surface area contributed by atoms with Crippen molar-refractivity contribution in [1.29, 1.82) is 5.41 Å². The van der Waals surface area contributed by atoms with E-state index in [0.717, 1.165) is 70.6 Å². The zero-order valence-electron chi connectivity index (χ0n) is 17.0. The number of nitrogens with one attached hydrogen (secondary N) is 2. The Balaban J connectivity index is 1.65. The minimum atomic E-state index is 0.0719. The van der Waals surface area contributed by atoms with Gasteiger partial charge in [0.25, 0.3) is 0 Å². The summed E-state index contributed by atoms with van der Waals surface area (Å²) < 4.78 is 8.44. The molecule has 0 bridgehead atoms. The Kier molecular flexibility index (Phi) is 4.64. The van der Waals surface area contributed by atoms with Gasteiger partial charge < -0.3 is 15.8 Å². The van der Waals surface area contributed by atoms with Crippen molar-refractivity contribution in [3.05, 3.63) is 66.0 Å². The molecular formula is C24H25N5O. The van der Waals surface area contributed by atoms with Crippen molar-refractivity contribution < 1.29 is 4.74 Å². The Morgan fingerprint density at radius 1 is 1.10 bits per heavy atom. The first-order valence-electron chi connectivity index (χ1n) is 10.3. The van der Waals surface area contributed by atoms with Crippen LogP contribution in [0.3, 0.4) is 0 Å². The highest BCUT2D eigenvalue weighted by molar-refractivity contribution is 6.09. The first-order chi connectivity index (χ1) is 14.6. The van der Waals surface area contributed by atoms with Gasteiger partial charge in [0.15, 0.2) is 0 Å². The second-order valence-electron chi connectivity index (χ2n) is 7.80. The van der Waals surface area contributed by atoms with Crippen LogP contribution >= 0.6 is 0 Å². The van der Waals surface area contributed by atoms with Gasteiger partial charge in [-0.05, 0) is 62.5 Å². The van der Waals surface area contributed by atoms with Gasteiger partial charge in [0.2, 0.25) is 0 Å². The lowest BCUT2D eigenvalue weighted by atomic mass is 10.0. The zero-order valence-corrected chi connectivity index (χ0v) is 17.0. The SMILES string of the molecule is Cc1nc2ccc(OC3CCNCC3)cc2n1-c1ccc(C(=N)N)c2ccccc12. The van der Waals surface area contributed by atoms with E-state index in [0.29, 0.717) is 0 Å². The second-order valence-corrected chi connectivity index (χ2v) is 7.80. The number of nitrogens with two attached hydrogens (primary N) is 1. The number of aryl methyl sites for hydroxylation is 1. The molecule has 0 amide bonds. The van der Waals surface area contributed by atoms with Crippen LogP contribution in [0.2, 0.25) is 0 Å². The molecule has 0 aliphatic carbocycles. The Bertz CT molecular complexity index is 1250. The van der Waals surface area contributed by atoms with Crippen LogP contribution in [0.4, 0.5) is 0 Å². The largest absolute Gasteiger partial charge is 0.490 e. The maximum atomic E-state index is 7.92. The van der Waals surface area contributed by atoms with Crippen molar-refractivity contribution in [2.75, 3.05) is 13.1 Å². The number of aromatic nitrogens is 2. The van der Waals surface area contributed by atoms with E-state index in [4.69, 9.17) is 20.9 Å². The number of piperidine rings is 1. The predicted octanol–water partition coefficient (Wildman–Crippen LogP) is 3.90. The van der Waals surface area contributed by atoms with Gasteiger partial charge in [-0.1, -0.05) is 24.3 Å². The molecule has 30 heavy (non-hydrogen) atoms. The number of hydrogen-bond acceptors (Lipinski definition) is 4. The third-order valence-electron chi connectivity index (χ3n) is 5.81. The van der Waals surface area contributed by atoms with E-state index in [2.05, 4.69) is 22.0 Å². The van der Waals surface area contributed by atoms with Crippen LogP contribution in [-0.4, -0.2) is 34.6 Å². The fourth-order valence-electron chi connectivity index (χ4n) is 4.37. The highest BCUT2D eigenvalue weighted by atomic mass is 16.5. The van der Waals surface area contributed by atoms with E-state index < -0.39 is 0 Å². The maximum absolute atomic E-state index is 7.92. The van der Waals surface area contributed by atoms with Gasteiger partial charge in [0.05, 0.1) is 16.7 Å². The number of rotatable bonds is 4. The lowest BCUT2D eigenvalue weighted by Crippen LogP contribution is -2.34. The molecule has 4 aromatic rings. The number of benzene rings is 3. The maximum Gasteiger partial charge on any atom is 0.123 e. The fourth-order valence-corrected chi connectivity index (χ4v) is 4.37. The monoisotopic (exact) mass is 399 g/mol. The molecule has 0 spiro atoms. The Morgan fingerprint density at radius 2 is 1.87 bits per heavy atom. The second kappa shape index (κ2) is 7.46. The summed E-state index contributed by atoms with van der Waals surface area (Å²) in [6, 6.07) is 18.1. The normalized spacial score (nSPS) is 15.0. The minimum Gasteiger partial charge on any atom is -0.490 e. The molecule has 1 saturated heterocycles. The van der Waals surface area contributed by atoms with Crippen molar-refractivity contribution in [3.63, 3.8) is 0 Å². The molecule has 1 fully saturated rings. The van der Waals surface area contributed by atoms with E-state index in [1.165, 1.54) is 0 Å². The Hall–Kier alpha value is -3.38. The molecule has 0 unspecified atom stereocenters. The van der Waals surface area contributed by atoms with Crippen LogP contribution in [0.15, 0.2) is 54.6 Å². The van der Waals surface area contributed by atoms with Crippen molar-refractivity contribution in [1.82, 2.24) is 14.9 Å².